The number of pyridine rings is 1. The molecular weight excluding hydrogens is 433 g/mol. The number of carbonyl (C=O) groups is 1. The Hall–Kier alpha value is -3.01. The van der Waals surface area contributed by atoms with E-state index in [1.165, 1.54) is 49.7 Å². The average Bonchev–Trinajstić information content (AvgIpc) is 2.69. The zero-order valence-electron chi connectivity index (χ0n) is 15.7. The van der Waals surface area contributed by atoms with Crippen molar-refractivity contribution in [1.82, 2.24) is 4.98 Å². The van der Waals surface area contributed by atoms with E-state index in [2.05, 4.69) is 10.3 Å². The maximum Gasteiger partial charge on any atom is 0.238 e. The van der Waals surface area contributed by atoms with Gasteiger partial charge in [-0.2, -0.15) is 0 Å². The number of hydrogen-bond acceptors (Lipinski definition) is 5. The van der Waals surface area contributed by atoms with Gasteiger partial charge in [0.25, 0.3) is 0 Å². The Morgan fingerprint density at radius 2 is 1.97 bits per heavy atom. The number of carbonyl (C=O) groups excluding carboxylic acids is 1. The minimum Gasteiger partial charge on any atom is -0.497 e. The van der Waals surface area contributed by atoms with Crippen LogP contribution in [0.2, 0.25) is 5.15 Å². The Bertz CT molecular complexity index is 1200. The second kappa shape index (κ2) is 8.78. The van der Waals surface area contributed by atoms with E-state index in [9.17, 15) is 17.6 Å². The van der Waals surface area contributed by atoms with Gasteiger partial charge >= 0.3 is 0 Å². The zero-order valence-corrected chi connectivity index (χ0v) is 17.3. The molecule has 0 bridgehead atoms. The van der Waals surface area contributed by atoms with E-state index < -0.39 is 21.7 Å². The molecule has 0 aliphatic carbocycles. The Labute approximate surface area is 177 Å². The average molecular weight is 450 g/mol. The van der Waals surface area contributed by atoms with Crippen LogP contribution in [0.15, 0.2) is 59.6 Å². The molecule has 30 heavy (non-hydrogen) atoms. The number of benzene rings is 2. The van der Waals surface area contributed by atoms with Crippen LogP contribution >= 0.6 is 11.6 Å². The van der Waals surface area contributed by atoms with Crippen LogP contribution in [0.25, 0.3) is 11.1 Å². The van der Waals surface area contributed by atoms with Gasteiger partial charge in [-0.1, -0.05) is 23.7 Å². The highest BCUT2D eigenvalue weighted by Gasteiger charge is 2.18. The van der Waals surface area contributed by atoms with Crippen molar-refractivity contribution in [1.29, 1.82) is 0 Å². The Morgan fingerprint density at radius 3 is 2.57 bits per heavy atom. The minimum atomic E-state index is -4.11. The Morgan fingerprint density at radius 1 is 1.20 bits per heavy atom. The number of anilines is 1. The monoisotopic (exact) mass is 449 g/mol. The number of nitrogens with zero attached hydrogens (tertiary/aromatic N) is 1. The summed E-state index contributed by atoms with van der Waals surface area (Å²) in [4.78, 5) is 16.1. The molecule has 3 rings (SSSR count). The molecule has 1 amide bonds. The number of aromatic nitrogens is 1. The van der Waals surface area contributed by atoms with E-state index in [0.717, 1.165) is 0 Å². The highest BCUT2D eigenvalue weighted by atomic mass is 35.5. The van der Waals surface area contributed by atoms with Crippen molar-refractivity contribution in [3.05, 3.63) is 71.3 Å². The van der Waals surface area contributed by atoms with Gasteiger partial charge in [0.15, 0.2) is 0 Å². The van der Waals surface area contributed by atoms with Crippen LogP contribution in [0.3, 0.4) is 0 Å². The first-order chi connectivity index (χ1) is 14.2. The van der Waals surface area contributed by atoms with Crippen LogP contribution < -0.4 is 15.2 Å². The second-order valence-corrected chi connectivity index (χ2v) is 8.22. The fraction of sp³-hybridized carbons (Fsp3) is 0.100. The molecule has 156 valence electrons. The van der Waals surface area contributed by atoms with Crippen molar-refractivity contribution in [2.45, 2.75) is 11.3 Å². The normalized spacial score (nSPS) is 11.2. The first kappa shape index (κ1) is 21.7. The maximum atomic E-state index is 14.1. The van der Waals surface area contributed by atoms with Gasteiger partial charge in [-0.15, -0.1) is 0 Å². The summed E-state index contributed by atoms with van der Waals surface area (Å²) in [5.41, 5.74) is 1.16. The van der Waals surface area contributed by atoms with Gasteiger partial charge in [-0.3, -0.25) is 4.79 Å². The molecule has 0 saturated heterocycles. The molecule has 0 unspecified atom stereocenters. The summed E-state index contributed by atoms with van der Waals surface area (Å²) < 4.78 is 43.2. The number of nitrogens with two attached hydrogens (primary N) is 1. The number of primary sulfonamides is 1. The van der Waals surface area contributed by atoms with Crippen molar-refractivity contribution in [2.75, 3.05) is 12.4 Å². The molecule has 3 aromatic rings. The van der Waals surface area contributed by atoms with Crippen LogP contribution in [0.4, 0.5) is 10.1 Å². The molecule has 0 aliphatic rings. The van der Waals surface area contributed by atoms with Crippen LogP contribution in [-0.2, 0) is 21.2 Å². The van der Waals surface area contributed by atoms with Gasteiger partial charge in [0.2, 0.25) is 15.9 Å². The molecule has 0 atom stereocenters. The highest BCUT2D eigenvalue weighted by Crippen LogP contribution is 2.29. The quantitative estimate of drug-likeness (QED) is 0.560. The lowest BCUT2D eigenvalue weighted by Gasteiger charge is -2.12. The molecule has 1 heterocycles. The summed E-state index contributed by atoms with van der Waals surface area (Å²) in [6.45, 7) is 0. The van der Waals surface area contributed by atoms with Gasteiger partial charge in [-0.25, -0.2) is 22.9 Å². The number of methoxy groups -OCH3 is 1. The number of sulfonamides is 1. The van der Waals surface area contributed by atoms with Gasteiger partial charge in [0.05, 0.1) is 18.4 Å². The maximum absolute atomic E-state index is 14.1. The van der Waals surface area contributed by atoms with Crippen molar-refractivity contribution < 1.29 is 22.3 Å². The molecule has 0 saturated carbocycles. The smallest absolute Gasteiger partial charge is 0.238 e. The fourth-order valence-corrected chi connectivity index (χ4v) is 3.68. The number of hydrogen-bond donors (Lipinski definition) is 2. The third-order valence-electron chi connectivity index (χ3n) is 4.22. The molecule has 0 aliphatic heterocycles. The van der Waals surface area contributed by atoms with Crippen LogP contribution in [0.1, 0.15) is 5.56 Å². The van der Waals surface area contributed by atoms with Gasteiger partial charge < -0.3 is 10.1 Å². The fourth-order valence-electron chi connectivity index (χ4n) is 2.79. The zero-order chi connectivity index (χ0) is 21.9. The molecule has 1 aromatic heterocycles. The molecule has 0 radical (unpaired) electrons. The van der Waals surface area contributed by atoms with Crippen LogP contribution in [0, 0.1) is 5.82 Å². The summed E-state index contributed by atoms with van der Waals surface area (Å²) in [5, 5.41) is 8.15. The lowest BCUT2D eigenvalue weighted by molar-refractivity contribution is -0.115. The molecule has 0 fully saturated rings. The summed E-state index contributed by atoms with van der Waals surface area (Å²) >= 11 is 5.77. The molecule has 10 heteroatoms. The minimum absolute atomic E-state index is 0.170. The highest BCUT2D eigenvalue weighted by molar-refractivity contribution is 7.89. The first-order valence-electron chi connectivity index (χ1n) is 8.58. The summed E-state index contributed by atoms with van der Waals surface area (Å²) in [5.74, 6) is -0.776. The lowest BCUT2D eigenvalue weighted by Crippen LogP contribution is -2.17. The van der Waals surface area contributed by atoms with Gasteiger partial charge in [0.1, 0.15) is 16.7 Å². The number of amides is 1. The number of rotatable bonds is 6. The van der Waals surface area contributed by atoms with Gasteiger partial charge in [-0.05, 0) is 35.9 Å². The summed E-state index contributed by atoms with van der Waals surface area (Å²) in [6, 6.07) is 11.5. The van der Waals surface area contributed by atoms with Gasteiger partial charge in [0, 0.05) is 29.1 Å². The summed E-state index contributed by atoms with van der Waals surface area (Å²) in [6.07, 6.45) is 1.17. The van der Waals surface area contributed by atoms with Crippen molar-refractivity contribution in [2.24, 2.45) is 5.14 Å². The standard InChI is InChI=1S/C20H17ClFN3O4S/c1-29-15-5-2-12(17(22)10-15)8-20(26)25-14-4-6-16(18(9-14)30(23,27)28)13-3-7-19(21)24-11-13/h2-7,9-11H,8H2,1H3,(H,25,26)(H2,23,27,28). The predicted molar refractivity (Wildman–Crippen MR) is 111 cm³/mol. The van der Waals surface area contributed by atoms with E-state index in [1.807, 2.05) is 0 Å². The van der Waals surface area contributed by atoms with Crippen molar-refractivity contribution in [3.8, 4) is 16.9 Å². The Balaban J connectivity index is 1.86. The topological polar surface area (TPSA) is 111 Å². The summed E-state index contributed by atoms with van der Waals surface area (Å²) in [7, 11) is -2.70. The molecule has 3 N–H and O–H groups in total. The third-order valence-corrected chi connectivity index (χ3v) is 5.40. The molecule has 2 aromatic carbocycles. The lowest BCUT2D eigenvalue weighted by atomic mass is 10.1. The van der Waals surface area contributed by atoms with E-state index >= 15 is 0 Å². The molecule has 7 nitrogen and oxygen atoms in total. The van der Waals surface area contributed by atoms with Crippen LogP contribution in [0.5, 0.6) is 5.75 Å². The number of nitrogens with one attached hydrogen (secondary N) is 1. The SMILES string of the molecule is COc1ccc(CC(=O)Nc2ccc(-c3ccc(Cl)nc3)c(S(N)(=O)=O)c2)c(F)c1. The van der Waals surface area contributed by atoms with Crippen molar-refractivity contribution >= 4 is 33.2 Å². The predicted octanol–water partition coefficient (Wildman–Crippen LogP) is 3.38. The molecule has 0 spiro atoms. The number of ether oxygens (including phenoxy) is 1. The van der Waals surface area contributed by atoms with E-state index in [1.54, 1.807) is 12.1 Å². The van der Waals surface area contributed by atoms with Crippen molar-refractivity contribution in [3.63, 3.8) is 0 Å². The third kappa shape index (κ3) is 5.12. The first-order valence-corrected chi connectivity index (χ1v) is 10.5. The largest absolute Gasteiger partial charge is 0.497 e. The Kier molecular flexibility index (Phi) is 6.35. The van der Waals surface area contributed by atoms with E-state index in [0.29, 0.717) is 16.9 Å². The second-order valence-electron chi connectivity index (χ2n) is 6.31. The number of halogens is 2. The van der Waals surface area contributed by atoms with E-state index in [4.69, 9.17) is 21.5 Å². The molecular formula is C20H17ClFN3O4S. The van der Waals surface area contributed by atoms with Crippen LogP contribution in [-0.4, -0.2) is 26.4 Å². The van der Waals surface area contributed by atoms with E-state index in [-0.39, 0.29) is 27.7 Å².